The fourth-order valence-electron chi connectivity index (χ4n) is 2.74. The van der Waals surface area contributed by atoms with Crippen molar-refractivity contribution in [3.8, 4) is 0 Å². The SMILES string of the molecule is CN(CC(=O)N1CCC(C(=O)O)CC1)C(=O)c1ncccc1C(F)(F)F. The van der Waals surface area contributed by atoms with Crippen LogP contribution in [0.5, 0.6) is 0 Å². The lowest BCUT2D eigenvalue weighted by Gasteiger charge is -2.31. The van der Waals surface area contributed by atoms with Crippen molar-refractivity contribution in [2.24, 2.45) is 5.92 Å². The van der Waals surface area contributed by atoms with Gasteiger partial charge in [0.2, 0.25) is 5.91 Å². The number of carboxylic acid groups (broad SMARTS) is 1. The molecule has 2 rings (SSSR count). The molecular weight excluding hydrogens is 355 g/mol. The van der Waals surface area contributed by atoms with Crippen molar-refractivity contribution in [1.29, 1.82) is 0 Å². The Hall–Kier alpha value is -2.65. The molecule has 0 saturated carbocycles. The fourth-order valence-corrected chi connectivity index (χ4v) is 2.74. The quantitative estimate of drug-likeness (QED) is 0.864. The summed E-state index contributed by atoms with van der Waals surface area (Å²) < 4.78 is 39.0. The van der Waals surface area contributed by atoms with E-state index in [1.165, 1.54) is 11.9 Å². The molecule has 0 atom stereocenters. The summed E-state index contributed by atoms with van der Waals surface area (Å²) in [6.45, 7) is 0.0505. The number of likely N-dealkylation sites (N-methyl/N-ethyl adjacent to an activating group) is 1. The molecule has 0 spiro atoms. The van der Waals surface area contributed by atoms with E-state index in [4.69, 9.17) is 5.11 Å². The molecule has 2 heterocycles. The average molecular weight is 373 g/mol. The summed E-state index contributed by atoms with van der Waals surface area (Å²) in [5.74, 6) is -2.89. The van der Waals surface area contributed by atoms with Crippen LogP contribution >= 0.6 is 0 Å². The third-order valence-corrected chi connectivity index (χ3v) is 4.23. The number of pyridine rings is 1. The predicted octanol–water partition coefficient (Wildman–Crippen LogP) is 1.50. The highest BCUT2D eigenvalue weighted by Gasteiger charge is 2.37. The normalized spacial score (nSPS) is 15.6. The molecule has 26 heavy (non-hydrogen) atoms. The summed E-state index contributed by atoms with van der Waals surface area (Å²) in [5, 5.41) is 8.94. The third-order valence-electron chi connectivity index (χ3n) is 4.23. The molecule has 1 aliphatic heterocycles. The largest absolute Gasteiger partial charge is 0.481 e. The number of aromatic nitrogens is 1. The molecule has 0 aliphatic carbocycles. The zero-order valence-corrected chi connectivity index (χ0v) is 14.0. The molecule has 1 N–H and O–H groups in total. The minimum Gasteiger partial charge on any atom is -0.481 e. The lowest BCUT2D eigenvalue weighted by atomic mass is 9.97. The molecular formula is C16H18F3N3O4. The van der Waals surface area contributed by atoms with Gasteiger partial charge in [0, 0.05) is 26.3 Å². The topological polar surface area (TPSA) is 90.8 Å². The number of hydrogen-bond acceptors (Lipinski definition) is 4. The first-order valence-electron chi connectivity index (χ1n) is 7.89. The molecule has 0 radical (unpaired) electrons. The first-order valence-corrected chi connectivity index (χ1v) is 7.89. The second-order valence-corrected chi connectivity index (χ2v) is 6.05. The van der Waals surface area contributed by atoms with Crippen molar-refractivity contribution < 1.29 is 32.7 Å². The number of rotatable bonds is 4. The first-order chi connectivity index (χ1) is 12.1. The van der Waals surface area contributed by atoms with Gasteiger partial charge in [-0.15, -0.1) is 0 Å². The maximum Gasteiger partial charge on any atom is 0.418 e. The van der Waals surface area contributed by atoms with Crippen LogP contribution in [-0.4, -0.2) is 64.4 Å². The van der Waals surface area contributed by atoms with Gasteiger partial charge in [0.05, 0.1) is 18.0 Å². The number of carboxylic acids is 1. The van der Waals surface area contributed by atoms with Crippen LogP contribution in [0.2, 0.25) is 0 Å². The van der Waals surface area contributed by atoms with Crippen LogP contribution in [0.1, 0.15) is 28.9 Å². The number of halogens is 3. The summed E-state index contributed by atoms with van der Waals surface area (Å²) in [7, 11) is 1.22. The van der Waals surface area contributed by atoms with Crippen molar-refractivity contribution >= 4 is 17.8 Å². The van der Waals surface area contributed by atoms with E-state index in [0.29, 0.717) is 12.8 Å². The Kier molecular flexibility index (Phi) is 5.83. The number of alkyl halides is 3. The standard InChI is InChI=1S/C16H18F3N3O4/c1-21(9-12(23)22-7-4-10(5-8-22)15(25)26)14(24)13-11(16(17,18)19)3-2-6-20-13/h2-3,6,10H,4-5,7-9H2,1H3,(H,25,26). The van der Waals surface area contributed by atoms with Crippen LogP contribution in [-0.2, 0) is 15.8 Å². The Bertz CT molecular complexity index is 700. The molecule has 1 aromatic rings. The molecule has 0 unspecified atom stereocenters. The predicted molar refractivity (Wildman–Crippen MR) is 83.1 cm³/mol. The van der Waals surface area contributed by atoms with Gasteiger partial charge in [-0.3, -0.25) is 19.4 Å². The number of piperidine rings is 1. The van der Waals surface area contributed by atoms with E-state index in [2.05, 4.69) is 4.98 Å². The Morgan fingerprint density at radius 1 is 1.31 bits per heavy atom. The minimum absolute atomic E-state index is 0.231. The summed E-state index contributed by atoms with van der Waals surface area (Å²) >= 11 is 0. The number of aliphatic carboxylic acids is 1. The first kappa shape index (κ1) is 19.7. The molecule has 1 fully saturated rings. The van der Waals surface area contributed by atoms with Crippen LogP contribution < -0.4 is 0 Å². The maximum atomic E-state index is 13.0. The number of carbonyl (C=O) groups is 3. The molecule has 1 aromatic heterocycles. The molecule has 2 amide bonds. The lowest BCUT2D eigenvalue weighted by Crippen LogP contribution is -2.45. The average Bonchev–Trinajstić information content (AvgIpc) is 2.60. The Morgan fingerprint density at radius 3 is 2.46 bits per heavy atom. The van der Waals surface area contributed by atoms with Crippen LogP contribution in [0.4, 0.5) is 13.2 Å². The van der Waals surface area contributed by atoms with Gasteiger partial charge in [-0.2, -0.15) is 13.2 Å². The number of hydrogen-bond donors (Lipinski definition) is 1. The van der Waals surface area contributed by atoms with Crippen molar-refractivity contribution in [3.63, 3.8) is 0 Å². The van der Waals surface area contributed by atoms with Crippen LogP contribution in [0, 0.1) is 5.92 Å². The fraction of sp³-hybridized carbons (Fsp3) is 0.500. The molecule has 10 heteroatoms. The minimum atomic E-state index is -4.73. The van der Waals surface area contributed by atoms with Crippen LogP contribution in [0.25, 0.3) is 0 Å². The van der Waals surface area contributed by atoms with Gasteiger partial charge in [0.15, 0.2) is 0 Å². The summed E-state index contributed by atoms with van der Waals surface area (Å²) in [6, 6.07) is 1.84. The van der Waals surface area contributed by atoms with Gasteiger partial charge in [0.1, 0.15) is 5.69 Å². The summed E-state index contributed by atoms with van der Waals surface area (Å²) in [5.41, 5.74) is -1.92. The molecule has 1 saturated heterocycles. The van der Waals surface area contributed by atoms with E-state index in [1.54, 1.807) is 0 Å². The van der Waals surface area contributed by atoms with Gasteiger partial charge < -0.3 is 14.9 Å². The van der Waals surface area contributed by atoms with Gasteiger partial charge in [-0.1, -0.05) is 0 Å². The molecule has 0 bridgehead atoms. The van der Waals surface area contributed by atoms with Gasteiger partial charge >= 0.3 is 12.1 Å². The van der Waals surface area contributed by atoms with Crippen molar-refractivity contribution in [3.05, 3.63) is 29.6 Å². The van der Waals surface area contributed by atoms with E-state index in [0.717, 1.165) is 23.2 Å². The highest BCUT2D eigenvalue weighted by atomic mass is 19.4. The zero-order chi connectivity index (χ0) is 19.5. The second-order valence-electron chi connectivity index (χ2n) is 6.05. The van der Waals surface area contributed by atoms with Crippen LogP contribution in [0.3, 0.4) is 0 Å². The van der Waals surface area contributed by atoms with E-state index in [1.807, 2.05) is 0 Å². The second kappa shape index (κ2) is 7.71. The Balaban J connectivity index is 2.02. The molecule has 1 aliphatic rings. The highest BCUT2D eigenvalue weighted by Crippen LogP contribution is 2.31. The van der Waals surface area contributed by atoms with Crippen LogP contribution in [0.15, 0.2) is 18.3 Å². The van der Waals surface area contributed by atoms with Gasteiger partial charge in [-0.25, -0.2) is 0 Å². The van der Waals surface area contributed by atoms with E-state index in [9.17, 15) is 27.6 Å². The van der Waals surface area contributed by atoms with Crippen molar-refractivity contribution in [2.75, 3.05) is 26.7 Å². The number of nitrogens with zero attached hydrogens (tertiary/aromatic N) is 3. The van der Waals surface area contributed by atoms with Gasteiger partial charge in [0.25, 0.3) is 5.91 Å². The smallest absolute Gasteiger partial charge is 0.418 e. The third kappa shape index (κ3) is 4.50. The zero-order valence-electron chi connectivity index (χ0n) is 14.0. The number of amides is 2. The van der Waals surface area contributed by atoms with E-state index < -0.39 is 47.7 Å². The molecule has 0 aromatic carbocycles. The van der Waals surface area contributed by atoms with E-state index >= 15 is 0 Å². The van der Waals surface area contributed by atoms with Gasteiger partial charge in [-0.05, 0) is 25.0 Å². The summed E-state index contributed by atoms with van der Waals surface area (Å²) in [4.78, 5) is 41.2. The Labute approximate surface area is 147 Å². The number of likely N-dealkylation sites (tertiary alicyclic amines) is 1. The lowest BCUT2D eigenvalue weighted by molar-refractivity contribution is -0.145. The summed E-state index contributed by atoms with van der Waals surface area (Å²) in [6.07, 6.45) is -3.05. The monoisotopic (exact) mass is 373 g/mol. The van der Waals surface area contributed by atoms with Crippen molar-refractivity contribution in [2.45, 2.75) is 19.0 Å². The highest BCUT2D eigenvalue weighted by molar-refractivity contribution is 5.96. The molecule has 7 nitrogen and oxygen atoms in total. The van der Waals surface area contributed by atoms with E-state index in [-0.39, 0.29) is 13.1 Å². The number of carbonyl (C=O) groups excluding carboxylic acids is 2. The Morgan fingerprint density at radius 2 is 1.92 bits per heavy atom. The van der Waals surface area contributed by atoms with Crippen molar-refractivity contribution in [1.82, 2.24) is 14.8 Å². The molecule has 142 valence electrons. The maximum absolute atomic E-state index is 13.0.